The van der Waals surface area contributed by atoms with Crippen LogP contribution in [0, 0.1) is 17.2 Å². The maximum Gasteiger partial charge on any atom is 0.0635 e. The van der Waals surface area contributed by atoms with Gasteiger partial charge in [-0.25, -0.2) is 0 Å². The van der Waals surface area contributed by atoms with Crippen molar-refractivity contribution in [3.05, 3.63) is 0 Å². The average Bonchev–Trinajstić information content (AvgIpc) is 2.25. The highest BCUT2D eigenvalue weighted by Gasteiger charge is 2.19. The second-order valence-corrected chi connectivity index (χ2v) is 4.29. The summed E-state index contributed by atoms with van der Waals surface area (Å²) in [7, 11) is 0. The summed E-state index contributed by atoms with van der Waals surface area (Å²) in [5.74, 6) is 0.809. The normalized spacial score (nSPS) is 30.8. The van der Waals surface area contributed by atoms with Crippen molar-refractivity contribution in [1.29, 1.82) is 5.26 Å². The van der Waals surface area contributed by atoms with Crippen molar-refractivity contribution in [2.45, 2.75) is 45.6 Å². The highest BCUT2D eigenvalue weighted by molar-refractivity contribution is 4.79. The Morgan fingerprint density at radius 1 is 1.38 bits per heavy atom. The standard InChI is InChI=1S/C11H20N2/c1-10-5-3-6-11(2)13(9-10)8-4-7-12/h10-11H,3-6,8-9H2,1-2H3. The smallest absolute Gasteiger partial charge is 0.0635 e. The van der Waals surface area contributed by atoms with Crippen molar-refractivity contribution in [2.24, 2.45) is 5.92 Å². The molecule has 0 aromatic carbocycles. The molecular weight excluding hydrogens is 160 g/mol. The number of hydrogen-bond donors (Lipinski definition) is 0. The van der Waals surface area contributed by atoms with E-state index >= 15 is 0 Å². The maximum absolute atomic E-state index is 8.54. The molecule has 0 aromatic heterocycles. The number of nitrogens with zero attached hydrogens (tertiary/aromatic N) is 2. The quantitative estimate of drug-likeness (QED) is 0.652. The number of rotatable bonds is 2. The largest absolute Gasteiger partial charge is 0.299 e. The molecule has 1 aliphatic rings. The summed E-state index contributed by atoms with van der Waals surface area (Å²) >= 11 is 0. The van der Waals surface area contributed by atoms with Gasteiger partial charge < -0.3 is 0 Å². The molecule has 1 saturated heterocycles. The topological polar surface area (TPSA) is 27.0 Å². The Kier molecular flexibility index (Phi) is 4.24. The fourth-order valence-corrected chi connectivity index (χ4v) is 2.12. The number of nitriles is 1. The van der Waals surface area contributed by atoms with Crippen LogP contribution in [0.15, 0.2) is 0 Å². The van der Waals surface area contributed by atoms with Crippen LogP contribution in [0.1, 0.15) is 39.5 Å². The van der Waals surface area contributed by atoms with Crippen LogP contribution in [0.4, 0.5) is 0 Å². The molecule has 1 heterocycles. The monoisotopic (exact) mass is 180 g/mol. The van der Waals surface area contributed by atoms with Gasteiger partial charge in [0, 0.05) is 25.6 Å². The lowest BCUT2D eigenvalue weighted by Crippen LogP contribution is -2.35. The zero-order valence-corrected chi connectivity index (χ0v) is 8.79. The number of hydrogen-bond acceptors (Lipinski definition) is 2. The van der Waals surface area contributed by atoms with Crippen LogP contribution in [0.25, 0.3) is 0 Å². The Hall–Kier alpha value is -0.550. The zero-order chi connectivity index (χ0) is 9.68. The van der Waals surface area contributed by atoms with Crippen LogP contribution in [0.3, 0.4) is 0 Å². The van der Waals surface area contributed by atoms with Crippen LogP contribution in [0.5, 0.6) is 0 Å². The first-order valence-corrected chi connectivity index (χ1v) is 5.35. The maximum atomic E-state index is 8.54. The fraction of sp³-hybridized carbons (Fsp3) is 0.909. The molecule has 2 unspecified atom stereocenters. The van der Waals surface area contributed by atoms with E-state index in [1.54, 1.807) is 0 Å². The van der Waals surface area contributed by atoms with Gasteiger partial charge in [-0.3, -0.25) is 4.90 Å². The van der Waals surface area contributed by atoms with Crippen LogP contribution < -0.4 is 0 Å². The van der Waals surface area contributed by atoms with Gasteiger partial charge >= 0.3 is 0 Å². The molecule has 0 radical (unpaired) electrons. The summed E-state index contributed by atoms with van der Waals surface area (Å²) in [6.45, 7) is 6.75. The third-order valence-corrected chi connectivity index (χ3v) is 3.00. The van der Waals surface area contributed by atoms with E-state index in [4.69, 9.17) is 5.26 Å². The second kappa shape index (κ2) is 5.24. The summed E-state index contributed by atoms with van der Waals surface area (Å²) in [6, 6.07) is 2.91. The minimum atomic E-state index is 0.678. The lowest BCUT2D eigenvalue weighted by molar-refractivity contribution is 0.199. The third kappa shape index (κ3) is 3.36. The van der Waals surface area contributed by atoms with Crippen molar-refractivity contribution >= 4 is 0 Å². The van der Waals surface area contributed by atoms with E-state index in [-0.39, 0.29) is 0 Å². The van der Waals surface area contributed by atoms with Gasteiger partial charge in [0.05, 0.1) is 6.07 Å². The molecule has 2 nitrogen and oxygen atoms in total. The molecule has 1 aliphatic heterocycles. The van der Waals surface area contributed by atoms with Crippen LogP contribution in [-0.4, -0.2) is 24.0 Å². The molecule has 0 aliphatic carbocycles. The Balaban J connectivity index is 2.42. The summed E-state index contributed by atoms with van der Waals surface area (Å²) < 4.78 is 0. The molecular formula is C11H20N2. The predicted molar refractivity (Wildman–Crippen MR) is 54.3 cm³/mol. The third-order valence-electron chi connectivity index (χ3n) is 3.00. The van der Waals surface area contributed by atoms with Crippen LogP contribution in [-0.2, 0) is 0 Å². The van der Waals surface area contributed by atoms with Crippen LogP contribution in [0.2, 0.25) is 0 Å². The van der Waals surface area contributed by atoms with E-state index in [2.05, 4.69) is 24.8 Å². The molecule has 13 heavy (non-hydrogen) atoms. The SMILES string of the molecule is CC1CCCC(C)N(CCC#N)C1. The minimum Gasteiger partial charge on any atom is -0.299 e. The highest BCUT2D eigenvalue weighted by atomic mass is 15.1. The Morgan fingerprint density at radius 2 is 2.15 bits per heavy atom. The lowest BCUT2D eigenvalue weighted by atomic mass is 10.1. The molecule has 0 N–H and O–H groups in total. The van der Waals surface area contributed by atoms with Crippen LogP contribution >= 0.6 is 0 Å². The fourth-order valence-electron chi connectivity index (χ4n) is 2.12. The summed E-state index contributed by atoms with van der Waals surface area (Å²) in [4.78, 5) is 2.47. The van der Waals surface area contributed by atoms with E-state index in [0.717, 1.165) is 12.5 Å². The average molecular weight is 180 g/mol. The molecule has 2 heteroatoms. The molecule has 2 atom stereocenters. The number of likely N-dealkylation sites (tertiary alicyclic amines) is 1. The molecule has 0 aromatic rings. The molecule has 0 bridgehead atoms. The van der Waals surface area contributed by atoms with E-state index in [9.17, 15) is 0 Å². The lowest BCUT2D eigenvalue weighted by Gasteiger charge is -2.27. The van der Waals surface area contributed by atoms with Gasteiger partial charge in [-0.05, 0) is 25.7 Å². The molecule has 0 amide bonds. The molecule has 0 spiro atoms. The first-order valence-electron chi connectivity index (χ1n) is 5.35. The van der Waals surface area contributed by atoms with E-state index < -0.39 is 0 Å². The zero-order valence-electron chi connectivity index (χ0n) is 8.79. The van der Waals surface area contributed by atoms with Gasteiger partial charge in [-0.15, -0.1) is 0 Å². The highest BCUT2D eigenvalue weighted by Crippen LogP contribution is 2.20. The van der Waals surface area contributed by atoms with Gasteiger partial charge in [-0.2, -0.15) is 5.26 Å². The molecule has 1 rings (SSSR count). The van der Waals surface area contributed by atoms with Gasteiger partial charge in [0.25, 0.3) is 0 Å². The van der Waals surface area contributed by atoms with Gasteiger partial charge in [0.1, 0.15) is 0 Å². The first-order chi connectivity index (χ1) is 6.24. The van der Waals surface area contributed by atoms with Crippen molar-refractivity contribution in [3.63, 3.8) is 0 Å². The Morgan fingerprint density at radius 3 is 2.85 bits per heavy atom. The summed E-state index contributed by atoms with van der Waals surface area (Å²) in [5, 5.41) is 8.54. The van der Waals surface area contributed by atoms with Gasteiger partial charge in [-0.1, -0.05) is 13.3 Å². The van der Waals surface area contributed by atoms with E-state index in [1.165, 1.54) is 25.8 Å². The van der Waals surface area contributed by atoms with Crippen molar-refractivity contribution in [1.82, 2.24) is 4.90 Å². The minimum absolute atomic E-state index is 0.678. The Bertz CT molecular complexity index is 183. The van der Waals surface area contributed by atoms with E-state index in [0.29, 0.717) is 12.5 Å². The predicted octanol–water partition coefficient (Wildman–Crippen LogP) is 2.41. The summed E-state index contributed by atoms with van der Waals surface area (Å²) in [6.07, 6.45) is 4.69. The summed E-state index contributed by atoms with van der Waals surface area (Å²) in [5.41, 5.74) is 0. The molecule has 1 fully saturated rings. The first kappa shape index (κ1) is 10.5. The van der Waals surface area contributed by atoms with Crippen molar-refractivity contribution in [2.75, 3.05) is 13.1 Å². The van der Waals surface area contributed by atoms with Gasteiger partial charge in [0.15, 0.2) is 0 Å². The van der Waals surface area contributed by atoms with E-state index in [1.807, 2.05) is 0 Å². The van der Waals surface area contributed by atoms with Crippen molar-refractivity contribution in [3.8, 4) is 6.07 Å². The molecule has 0 saturated carbocycles. The molecule has 74 valence electrons. The van der Waals surface area contributed by atoms with Crippen molar-refractivity contribution < 1.29 is 0 Å². The Labute approximate surface area is 81.5 Å². The van der Waals surface area contributed by atoms with Gasteiger partial charge in [0.2, 0.25) is 0 Å². The second-order valence-electron chi connectivity index (χ2n) is 4.29.